The predicted octanol–water partition coefficient (Wildman–Crippen LogP) is 4.19. The van der Waals surface area contributed by atoms with Crippen molar-refractivity contribution < 1.29 is 48.2 Å². The van der Waals surface area contributed by atoms with E-state index in [1.165, 1.54) is 18.7 Å². The molecule has 0 aliphatic carbocycles. The van der Waals surface area contributed by atoms with Crippen LogP contribution in [-0.2, 0) is 32.7 Å². The van der Waals surface area contributed by atoms with Crippen LogP contribution in [0.4, 0.5) is 0 Å². The lowest BCUT2D eigenvalue weighted by molar-refractivity contribution is -0.215. The van der Waals surface area contributed by atoms with Gasteiger partial charge < -0.3 is 43.6 Å². The number of benzene rings is 3. The second kappa shape index (κ2) is 12.4. The summed E-state index contributed by atoms with van der Waals surface area (Å²) in [5, 5.41) is 29.3. The number of carbonyl (C=O) groups is 2. The van der Waals surface area contributed by atoms with Crippen molar-refractivity contribution in [3.63, 3.8) is 0 Å². The molecule has 4 aromatic rings. The normalized spacial score (nSPS) is 29.9. The Hall–Kier alpha value is -4.67. The first-order valence-corrected chi connectivity index (χ1v) is 19.9. The van der Waals surface area contributed by atoms with E-state index in [0.29, 0.717) is 58.2 Å². The van der Waals surface area contributed by atoms with Crippen molar-refractivity contribution in [2.45, 2.75) is 68.3 Å². The second-order valence-electron chi connectivity index (χ2n) is 15.8. The Balaban J connectivity index is 1.24. The molecule has 0 radical (unpaired) electrons. The Kier molecular flexibility index (Phi) is 7.92. The molecule has 4 unspecified atom stereocenters. The maximum absolute atomic E-state index is 14.9. The van der Waals surface area contributed by atoms with E-state index in [9.17, 15) is 19.8 Å². The van der Waals surface area contributed by atoms with E-state index in [0.717, 1.165) is 39.0 Å². The number of hydrogen-bond acceptors (Lipinski definition) is 14. The van der Waals surface area contributed by atoms with Gasteiger partial charge in [-0.3, -0.25) is 19.9 Å². The van der Waals surface area contributed by atoms with Crippen LogP contribution in [0.5, 0.6) is 34.5 Å². The van der Waals surface area contributed by atoms with E-state index in [2.05, 4.69) is 20.1 Å². The van der Waals surface area contributed by atoms with Crippen LogP contribution in [0.1, 0.15) is 68.9 Å². The molecule has 294 valence electrons. The van der Waals surface area contributed by atoms with E-state index in [-0.39, 0.29) is 37.9 Å². The molecule has 12 rings (SSSR count). The van der Waals surface area contributed by atoms with Crippen molar-refractivity contribution in [3.8, 4) is 34.5 Å². The number of methoxy groups -OCH3 is 2. The number of rotatable bonds is 3. The molecule has 2 saturated heterocycles. The number of aliphatic hydroxyl groups is 1. The number of aromatic hydroxyl groups is 1. The summed E-state index contributed by atoms with van der Waals surface area (Å²) in [6, 6.07) is 6.05. The number of esters is 2. The summed E-state index contributed by atoms with van der Waals surface area (Å²) in [7, 11) is 5.13. The van der Waals surface area contributed by atoms with Crippen LogP contribution in [0.25, 0.3) is 10.9 Å². The number of aromatic amines is 1. The fourth-order valence-corrected chi connectivity index (χ4v) is 12.4. The van der Waals surface area contributed by atoms with Crippen molar-refractivity contribution in [1.29, 1.82) is 0 Å². The zero-order valence-electron chi connectivity index (χ0n) is 32.0. The van der Waals surface area contributed by atoms with Crippen molar-refractivity contribution in [2.24, 2.45) is 0 Å². The van der Waals surface area contributed by atoms with Crippen molar-refractivity contribution in [1.82, 2.24) is 20.1 Å². The molecule has 4 N–H and O–H groups in total. The van der Waals surface area contributed by atoms with E-state index >= 15 is 0 Å². The van der Waals surface area contributed by atoms with Gasteiger partial charge in [0.25, 0.3) is 0 Å². The van der Waals surface area contributed by atoms with E-state index in [4.69, 9.17) is 28.4 Å². The molecule has 2 fully saturated rings. The summed E-state index contributed by atoms with van der Waals surface area (Å²) in [5.41, 5.74) is 4.06. The summed E-state index contributed by atoms with van der Waals surface area (Å²) in [5.74, 6) is 1.67. The summed E-state index contributed by atoms with van der Waals surface area (Å²) < 4.78 is 36.3. The number of aromatic nitrogens is 1. The number of aryl methyl sites for hydroxylation is 1. The Morgan fingerprint density at radius 2 is 1.86 bits per heavy atom. The Morgan fingerprint density at radius 3 is 2.62 bits per heavy atom. The Morgan fingerprint density at radius 1 is 1.05 bits per heavy atom. The van der Waals surface area contributed by atoms with Crippen LogP contribution in [0, 0.1) is 13.8 Å². The average Bonchev–Trinajstić information content (AvgIpc) is 3.76. The van der Waals surface area contributed by atoms with Gasteiger partial charge in [0.15, 0.2) is 28.5 Å². The molecule has 0 amide bonds. The van der Waals surface area contributed by atoms with Crippen molar-refractivity contribution in [2.75, 3.05) is 53.5 Å². The standard InChI is InChI=1S/C41H44N4O10S/c1-18-11-21-13-40(49)15-44(4)30(27(21)32(47)33(18)51-6)31-37-29-28(36-35(53-17-54-36)19(2)34(29)55-20(3)46)26(45(31)40)14-52-39(48)41(16-56-37)38-23(9-10-42-41)24-12-22(50-5)7-8-25(24)43-38/h7-8,11-12,26,30-31,37,42-43,47,49H,9-10,13-17H2,1-6H3/t26?,30?,31-,37-,40?,41-/m1/s1. The molecule has 56 heavy (non-hydrogen) atoms. The van der Waals surface area contributed by atoms with E-state index in [1.807, 2.05) is 45.2 Å². The van der Waals surface area contributed by atoms with Gasteiger partial charge in [-0.1, -0.05) is 6.07 Å². The van der Waals surface area contributed by atoms with Gasteiger partial charge in [-0.2, -0.15) is 0 Å². The number of phenolic OH excluding ortho intramolecular Hbond substituents is 1. The molecular formula is C41H44N4O10S. The highest BCUT2D eigenvalue weighted by Crippen LogP contribution is 2.65. The van der Waals surface area contributed by atoms with Crippen LogP contribution < -0.4 is 29.0 Å². The molecule has 9 heterocycles. The zero-order chi connectivity index (χ0) is 39.0. The summed E-state index contributed by atoms with van der Waals surface area (Å²) in [6.45, 7) is 5.65. The summed E-state index contributed by atoms with van der Waals surface area (Å²) >= 11 is 1.53. The quantitative estimate of drug-likeness (QED) is 0.173. The zero-order valence-corrected chi connectivity index (χ0v) is 32.8. The predicted molar refractivity (Wildman–Crippen MR) is 205 cm³/mol. The van der Waals surface area contributed by atoms with E-state index < -0.39 is 46.6 Å². The third kappa shape index (κ3) is 4.71. The number of ether oxygens (including phenoxy) is 6. The number of piperazine rings is 1. The first kappa shape index (κ1) is 35.7. The first-order chi connectivity index (χ1) is 26.9. The third-order valence-electron chi connectivity index (χ3n) is 12.8. The fourth-order valence-electron chi connectivity index (χ4n) is 10.7. The lowest BCUT2D eigenvalue weighted by atomic mass is 9.78. The number of likely N-dealkylation sites (N-methyl/N-ethyl adjacent to an activating group) is 1. The van der Waals surface area contributed by atoms with Gasteiger partial charge in [0.2, 0.25) is 6.79 Å². The van der Waals surface area contributed by atoms with Crippen LogP contribution in [0.15, 0.2) is 24.3 Å². The Bertz CT molecular complexity index is 2380. The van der Waals surface area contributed by atoms with Gasteiger partial charge in [0, 0.05) is 71.4 Å². The van der Waals surface area contributed by atoms with Crippen molar-refractivity contribution >= 4 is 34.6 Å². The van der Waals surface area contributed by atoms with Crippen LogP contribution in [0.3, 0.4) is 0 Å². The molecule has 1 spiro atoms. The van der Waals surface area contributed by atoms with Gasteiger partial charge in [-0.25, -0.2) is 4.79 Å². The molecule has 4 bridgehead atoms. The van der Waals surface area contributed by atoms with Gasteiger partial charge in [0.1, 0.15) is 23.8 Å². The number of thioether (sulfide) groups is 1. The molecule has 8 aliphatic heterocycles. The van der Waals surface area contributed by atoms with Gasteiger partial charge >= 0.3 is 11.9 Å². The number of phenols is 1. The number of fused-ring (bicyclic) bond motifs is 8. The molecule has 7 atom stereocenters. The maximum Gasteiger partial charge on any atom is 0.333 e. The number of nitrogens with zero attached hydrogens (tertiary/aromatic N) is 2. The molecule has 8 aliphatic rings. The molecule has 14 nitrogen and oxygen atoms in total. The minimum atomic E-state index is -1.50. The third-order valence-corrected chi connectivity index (χ3v) is 14.2. The highest BCUT2D eigenvalue weighted by Gasteiger charge is 2.63. The highest BCUT2D eigenvalue weighted by atomic mass is 32.2. The lowest BCUT2D eigenvalue weighted by Gasteiger charge is -2.60. The van der Waals surface area contributed by atoms with Crippen LogP contribution in [0.2, 0.25) is 0 Å². The molecule has 3 aromatic carbocycles. The average molecular weight is 785 g/mol. The molecule has 0 saturated carbocycles. The fraction of sp³-hybridized carbons (Fsp3) is 0.463. The largest absolute Gasteiger partial charge is 0.504 e. The number of nitrogens with one attached hydrogen (secondary N) is 2. The molecular weight excluding hydrogens is 741 g/mol. The van der Waals surface area contributed by atoms with Gasteiger partial charge in [0.05, 0.1) is 37.2 Å². The first-order valence-electron chi connectivity index (χ1n) is 18.9. The second-order valence-corrected chi connectivity index (χ2v) is 17.0. The van der Waals surface area contributed by atoms with Gasteiger partial charge in [-0.15, -0.1) is 11.8 Å². The van der Waals surface area contributed by atoms with Crippen LogP contribution >= 0.6 is 11.8 Å². The number of carbonyl (C=O) groups excluding carboxylic acids is 2. The van der Waals surface area contributed by atoms with E-state index in [1.54, 1.807) is 14.2 Å². The lowest BCUT2D eigenvalue weighted by Crippen LogP contribution is -2.70. The highest BCUT2D eigenvalue weighted by molar-refractivity contribution is 7.99. The summed E-state index contributed by atoms with van der Waals surface area (Å²) in [4.78, 5) is 35.6. The smallest absolute Gasteiger partial charge is 0.333 e. The monoisotopic (exact) mass is 784 g/mol. The topological polar surface area (TPSA) is 164 Å². The van der Waals surface area contributed by atoms with Crippen LogP contribution in [-0.4, -0.2) is 102 Å². The minimum absolute atomic E-state index is 0.0284. The molecule has 15 heteroatoms. The minimum Gasteiger partial charge on any atom is -0.504 e. The number of H-pyrrole nitrogens is 1. The SMILES string of the molecule is COc1ccc2[nH]c3c(c2c1)CCN[C@]31CS[C@@H]2c3c(OC(C)=O)c(C)c4c(c3C(COC1=O)N1[C@@H]2C2c3c(cc(C)c(OC)c3O)CC1(O)CN2C)OCO4. The van der Waals surface area contributed by atoms with Crippen molar-refractivity contribution in [3.05, 3.63) is 68.9 Å². The maximum atomic E-state index is 14.9. The van der Waals surface area contributed by atoms with Gasteiger partial charge in [-0.05, 0) is 62.2 Å². The number of hydrogen-bond donors (Lipinski definition) is 4. The Labute approximate surface area is 327 Å². The summed E-state index contributed by atoms with van der Waals surface area (Å²) in [6.07, 6.45) is 0.870. The molecule has 1 aromatic heterocycles.